The van der Waals surface area contributed by atoms with Crippen molar-refractivity contribution in [3.63, 3.8) is 0 Å². The molecular weight excluding hydrogens is 495 g/mol. The van der Waals surface area contributed by atoms with Crippen molar-refractivity contribution in [1.82, 2.24) is 24.6 Å². The van der Waals surface area contributed by atoms with E-state index >= 15 is 0 Å². The molecular formula is C28H36F3N5O2. The molecule has 38 heavy (non-hydrogen) atoms. The monoisotopic (exact) mass is 531 g/mol. The molecule has 2 saturated carbocycles. The number of aromatic nitrogens is 3. The van der Waals surface area contributed by atoms with Gasteiger partial charge in [-0.25, -0.2) is 0 Å². The predicted molar refractivity (Wildman–Crippen MR) is 134 cm³/mol. The van der Waals surface area contributed by atoms with Gasteiger partial charge in [0.15, 0.2) is 0 Å². The zero-order chi connectivity index (χ0) is 26.5. The first-order chi connectivity index (χ1) is 18.3. The third kappa shape index (κ3) is 4.58. The Morgan fingerprint density at radius 1 is 1.18 bits per heavy atom. The first kappa shape index (κ1) is 25.6. The van der Waals surface area contributed by atoms with Crippen LogP contribution in [0.1, 0.15) is 74.7 Å². The van der Waals surface area contributed by atoms with Gasteiger partial charge in [-0.1, -0.05) is 6.42 Å². The maximum absolute atomic E-state index is 14.1. The molecule has 1 saturated heterocycles. The van der Waals surface area contributed by atoms with E-state index in [1.54, 1.807) is 0 Å². The van der Waals surface area contributed by atoms with E-state index < -0.39 is 11.7 Å². The van der Waals surface area contributed by atoms with Crippen molar-refractivity contribution >= 4 is 5.91 Å². The molecule has 10 heteroatoms. The van der Waals surface area contributed by atoms with Crippen molar-refractivity contribution in [3.8, 4) is 5.88 Å². The first-order valence-corrected chi connectivity index (χ1v) is 14.0. The van der Waals surface area contributed by atoms with E-state index in [9.17, 15) is 18.0 Å². The minimum Gasteiger partial charge on any atom is -0.477 e. The number of carbonyl (C=O) groups is 1. The molecule has 0 bridgehead atoms. The van der Waals surface area contributed by atoms with Crippen LogP contribution in [0.3, 0.4) is 0 Å². The van der Waals surface area contributed by atoms with Crippen molar-refractivity contribution in [2.75, 3.05) is 26.2 Å². The SMILES string of the molecule is CCOc1ccn(C2CCN(C3CC4CCCC4(C(=O)N4CCc5ncc(C(F)(F)F)cc5C4)C3)CC2)n1. The molecule has 1 amide bonds. The van der Waals surface area contributed by atoms with E-state index in [4.69, 9.17) is 4.74 Å². The summed E-state index contributed by atoms with van der Waals surface area (Å²) in [5.41, 5.74) is 0.104. The number of ether oxygens (including phenoxy) is 1. The molecule has 4 aliphatic rings. The van der Waals surface area contributed by atoms with Gasteiger partial charge in [-0.3, -0.25) is 14.5 Å². The number of carbonyl (C=O) groups excluding carboxylic acids is 1. The number of likely N-dealkylation sites (tertiary alicyclic amines) is 1. The Bertz CT molecular complexity index is 1180. The highest BCUT2D eigenvalue weighted by Crippen LogP contribution is 2.57. The highest BCUT2D eigenvalue weighted by Gasteiger charge is 2.57. The van der Waals surface area contributed by atoms with E-state index in [1.165, 1.54) is 6.07 Å². The van der Waals surface area contributed by atoms with E-state index in [0.29, 0.717) is 54.7 Å². The molecule has 2 aliphatic heterocycles. The van der Waals surface area contributed by atoms with Crippen LogP contribution in [0.15, 0.2) is 24.5 Å². The second-order valence-corrected chi connectivity index (χ2v) is 11.5. The van der Waals surface area contributed by atoms with Gasteiger partial charge in [-0.2, -0.15) is 13.2 Å². The van der Waals surface area contributed by atoms with Crippen LogP contribution in [0.25, 0.3) is 0 Å². The summed E-state index contributed by atoms with van der Waals surface area (Å²) in [6.45, 7) is 5.29. The quantitative estimate of drug-likeness (QED) is 0.551. The number of piperidine rings is 1. The molecule has 3 fully saturated rings. The van der Waals surface area contributed by atoms with Crippen LogP contribution < -0.4 is 4.74 Å². The van der Waals surface area contributed by atoms with Crippen LogP contribution >= 0.6 is 0 Å². The van der Waals surface area contributed by atoms with Crippen molar-refractivity contribution in [3.05, 3.63) is 41.3 Å². The standard InChI is InChI=1S/C28H36F3N5O2/c1-2-38-25-8-13-36(33-25)22-5-10-34(11-6-22)23-15-20-4-3-9-27(20,16-23)26(37)35-12-7-24-19(18-35)14-21(17-32-24)28(29,30)31/h8,13-14,17,20,22-23H,2-7,9-12,15-16,18H2,1H3. The molecule has 0 spiro atoms. The Balaban J connectivity index is 1.12. The number of amides is 1. The van der Waals surface area contributed by atoms with Crippen molar-refractivity contribution in [2.45, 2.75) is 83.1 Å². The Kier molecular flexibility index (Phi) is 6.64. The molecule has 7 nitrogen and oxygen atoms in total. The number of pyridine rings is 1. The smallest absolute Gasteiger partial charge is 0.417 e. The maximum Gasteiger partial charge on any atom is 0.417 e. The zero-order valence-electron chi connectivity index (χ0n) is 21.9. The summed E-state index contributed by atoms with van der Waals surface area (Å²) in [5, 5.41) is 4.57. The van der Waals surface area contributed by atoms with Gasteiger partial charge in [0, 0.05) is 62.8 Å². The lowest BCUT2D eigenvalue weighted by Crippen LogP contribution is -2.47. The van der Waals surface area contributed by atoms with Crippen LogP contribution in [0.2, 0.25) is 0 Å². The summed E-state index contributed by atoms with van der Waals surface area (Å²) in [6.07, 6.45) is 5.94. The Hall–Kier alpha value is -2.62. The number of alkyl halides is 3. The van der Waals surface area contributed by atoms with E-state index in [-0.39, 0.29) is 17.9 Å². The fourth-order valence-electron chi connectivity index (χ4n) is 7.57. The summed E-state index contributed by atoms with van der Waals surface area (Å²) >= 11 is 0. The average Bonchev–Trinajstić information content (AvgIpc) is 3.62. The van der Waals surface area contributed by atoms with Gasteiger partial charge in [0.05, 0.1) is 23.6 Å². The molecule has 0 N–H and O–H groups in total. The fourth-order valence-corrected chi connectivity index (χ4v) is 7.57. The van der Waals surface area contributed by atoms with Gasteiger partial charge in [-0.05, 0) is 63.0 Å². The molecule has 3 unspecified atom stereocenters. The summed E-state index contributed by atoms with van der Waals surface area (Å²) in [4.78, 5) is 22.5. The molecule has 3 atom stereocenters. The molecule has 6 rings (SSSR count). The number of halogens is 3. The van der Waals surface area contributed by atoms with Gasteiger partial charge in [-0.15, -0.1) is 5.10 Å². The molecule has 0 radical (unpaired) electrons. The van der Waals surface area contributed by atoms with Crippen molar-refractivity contribution in [2.24, 2.45) is 11.3 Å². The van der Waals surface area contributed by atoms with Gasteiger partial charge in [0.1, 0.15) is 0 Å². The second-order valence-electron chi connectivity index (χ2n) is 11.5. The van der Waals surface area contributed by atoms with Gasteiger partial charge in [0.2, 0.25) is 11.8 Å². The zero-order valence-corrected chi connectivity index (χ0v) is 21.9. The summed E-state index contributed by atoms with van der Waals surface area (Å²) in [7, 11) is 0. The Morgan fingerprint density at radius 3 is 2.76 bits per heavy atom. The van der Waals surface area contributed by atoms with Crippen LogP contribution in [0.4, 0.5) is 13.2 Å². The van der Waals surface area contributed by atoms with Crippen molar-refractivity contribution in [1.29, 1.82) is 0 Å². The Labute approximate surface area is 221 Å². The third-order valence-corrected chi connectivity index (χ3v) is 9.46. The topological polar surface area (TPSA) is 63.5 Å². The average molecular weight is 532 g/mol. The lowest BCUT2D eigenvalue weighted by atomic mass is 9.78. The molecule has 4 heterocycles. The predicted octanol–water partition coefficient (Wildman–Crippen LogP) is 4.87. The van der Waals surface area contributed by atoms with Gasteiger partial charge < -0.3 is 14.5 Å². The fraction of sp³-hybridized carbons (Fsp3) is 0.679. The highest BCUT2D eigenvalue weighted by atomic mass is 19.4. The van der Waals surface area contributed by atoms with Crippen LogP contribution in [-0.4, -0.2) is 62.8 Å². The number of nitrogens with zero attached hydrogens (tertiary/aromatic N) is 5. The van der Waals surface area contributed by atoms with Crippen LogP contribution in [-0.2, 0) is 23.9 Å². The minimum absolute atomic E-state index is 0.153. The minimum atomic E-state index is -4.43. The Morgan fingerprint density at radius 2 is 2.00 bits per heavy atom. The number of fused-ring (bicyclic) bond motifs is 2. The summed E-state index contributed by atoms with van der Waals surface area (Å²) in [6, 6.07) is 3.85. The third-order valence-electron chi connectivity index (χ3n) is 9.46. The second kappa shape index (κ2) is 9.84. The normalized spacial score (nSPS) is 28.4. The summed E-state index contributed by atoms with van der Waals surface area (Å²) < 4.78 is 47.4. The van der Waals surface area contributed by atoms with Crippen LogP contribution in [0.5, 0.6) is 5.88 Å². The largest absolute Gasteiger partial charge is 0.477 e. The molecule has 0 aromatic carbocycles. The van der Waals surface area contributed by atoms with E-state index in [0.717, 1.165) is 64.2 Å². The van der Waals surface area contributed by atoms with Gasteiger partial charge >= 0.3 is 6.18 Å². The lowest BCUT2D eigenvalue weighted by molar-refractivity contribution is -0.144. The number of hydrogen-bond donors (Lipinski definition) is 0. The maximum atomic E-state index is 14.1. The molecule has 2 aromatic heterocycles. The number of hydrogen-bond acceptors (Lipinski definition) is 5. The van der Waals surface area contributed by atoms with Gasteiger partial charge in [0.25, 0.3) is 0 Å². The van der Waals surface area contributed by atoms with Crippen LogP contribution in [0, 0.1) is 11.3 Å². The number of rotatable bonds is 5. The van der Waals surface area contributed by atoms with E-state index in [1.807, 2.05) is 28.8 Å². The first-order valence-electron chi connectivity index (χ1n) is 14.0. The highest BCUT2D eigenvalue weighted by molar-refractivity contribution is 5.84. The summed E-state index contributed by atoms with van der Waals surface area (Å²) in [5.74, 6) is 1.18. The van der Waals surface area contributed by atoms with Crippen molar-refractivity contribution < 1.29 is 22.7 Å². The molecule has 2 aliphatic carbocycles. The molecule has 2 aromatic rings. The van der Waals surface area contributed by atoms with E-state index in [2.05, 4.69) is 15.0 Å². The lowest BCUT2D eigenvalue weighted by Gasteiger charge is -2.39. The molecule has 206 valence electrons.